The number of nitrogens with zero attached hydrogens (tertiary/aromatic N) is 1. The summed E-state index contributed by atoms with van der Waals surface area (Å²) in [7, 11) is 0. The number of aryl methyl sites for hydroxylation is 1. The van der Waals surface area contributed by atoms with Crippen molar-refractivity contribution in [3.8, 4) is 0 Å². The van der Waals surface area contributed by atoms with Crippen LogP contribution in [-0.2, 0) is 16.8 Å². The van der Waals surface area contributed by atoms with Crippen LogP contribution in [0.25, 0.3) is 23.1 Å². The summed E-state index contributed by atoms with van der Waals surface area (Å²) in [5.41, 5.74) is 5.15. The molecule has 0 amide bonds. The summed E-state index contributed by atoms with van der Waals surface area (Å²) < 4.78 is 0. The second-order valence-corrected chi connectivity index (χ2v) is 13.3. The van der Waals surface area contributed by atoms with E-state index in [1.54, 1.807) is 0 Å². The van der Waals surface area contributed by atoms with Gasteiger partial charge in [-0.05, 0) is 91.5 Å². The van der Waals surface area contributed by atoms with Crippen molar-refractivity contribution >= 4 is 52.4 Å². The molecule has 216 valence electrons. The predicted octanol–water partition coefficient (Wildman–Crippen LogP) is 3.18. The molecule has 1 fully saturated rings. The van der Waals surface area contributed by atoms with Crippen molar-refractivity contribution in [1.29, 1.82) is 0 Å². The van der Waals surface area contributed by atoms with Gasteiger partial charge in [-0.3, -0.25) is 4.79 Å². The standard InChI is InChI=1S/C35H36ClNO3S.2Na.2H/c1-34(2,40)30-9-4-3-7-25(30)13-17-32(41-23-35(18-19-35)22-33(38)39)27-8-5-6-24(20-27)10-15-29-16-12-26-11-14-28(36)21-31(26)37-29;;;;/h3-12,14-16,20-21,32,40H,13,17-19,22-23H2,1-2H3,(H,38,39);;;;/q;2*+1;2*-1/b15-10+;;;;/t32-;;;;/m1..../s1. The Balaban J connectivity index is 0.00000253. The molecule has 0 radical (unpaired) electrons. The Kier molecular flexibility index (Phi) is 13.5. The third kappa shape index (κ3) is 10.2. The average Bonchev–Trinajstić information content (AvgIpc) is 3.70. The van der Waals surface area contributed by atoms with Gasteiger partial charge in [0.2, 0.25) is 0 Å². The number of carbonyl (C=O) groups is 1. The van der Waals surface area contributed by atoms with Crippen LogP contribution in [0, 0.1) is 5.41 Å². The molecule has 1 aliphatic rings. The van der Waals surface area contributed by atoms with Crippen LogP contribution in [0.2, 0.25) is 5.02 Å². The van der Waals surface area contributed by atoms with Gasteiger partial charge in [-0.2, -0.15) is 11.8 Å². The number of thioether (sulfide) groups is 1. The number of aliphatic hydroxyl groups is 1. The zero-order chi connectivity index (χ0) is 29.0. The number of halogens is 1. The number of pyridine rings is 1. The molecular weight excluding hydrogens is 596 g/mol. The van der Waals surface area contributed by atoms with Gasteiger partial charge in [0.15, 0.2) is 0 Å². The van der Waals surface area contributed by atoms with Gasteiger partial charge in [-0.25, -0.2) is 4.98 Å². The Morgan fingerprint density at radius 2 is 1.79 bits per heavy atom. The van der Waals surface area contributed by atoms with Crippen molar-refractivity contribution in [1.82, 2.24) is 4.98 Å². The molecule has 1 atom stereocenters. The number of hydrogen-bond donors (Lipinski definition) is 2. The Morgan fingerprint density at radius 1 is 1.05 bits per heavy atom. The molecule has 3 aromatic carbocycles. The molecule has 4 aromatic rings. The van der Waals surface area contributed by atoms with Gasteiger partial charge in [0, 0.05) is 21.4 Å². The molecular formula is C35H38ClNNa2O3S. The Bertz CT molecular complexity index is 1590. The molecule has 0 aliphatic heterocycles. The maximum absolute atomic E-state index is 11.5. The number of benzene rings is 3. The Morgan fingerprint density at radius 3 is 2.51 bits per heavy atom. The molecule has 0 spiro atoms. The number of aliphatic carboxylic acids is 1. The first-order valence-electron chi connectivity index (χ1n) is 14.1. The van der Waals surface area contributed by atoms with Gasteiger partial charge in [0.25, 0.3) is 0 Å². The molecule has 0 unspecified atom stereocenters. The van der Waals surface area contributed by atoms with Gasteiger partial charge in [0.1, 0.15) is 0 Å². The van der Waals surface area contributed by atoms with Crippen LogP contribution in [0.5, 0.6) is 0 Å². The zero-order valence-electron chi connectivity index (χ0n) is 27.5. The monoisotopic (exact) mass is 633 g/mol. The average molecular weight is 634 g/mol. The molecule has 0 saturated heterocycles. The minimum absolute atomic E-state index is 0. The van der Waals surface area contributed by atoms with Gasteiger partial charge < -0.3 is 13.1 Å². The number of carboxylic acids is 1. The van der Waals surface area contributed by atoms with Gasteiger partial charge in [-0.1, -0.05) is 78.3 Å². The molecule has 1 aliphatic carbocycles. The molecule has 0 bridgehead atoms. The largest absolute Gasteiger partial charge is 1.00 e. The summed E-state index contributed by atoms with van der Waals surface area (Å²) in [6, 6.07) is 26.5. The van der Waals surface area contributed by atoms with E-state index in [0.29, 0.717) is 5.02 Å². The first-order chi connectivity index (χ1) is 19.6. The molecule has 5 rings (SSSR count). The second kappa shape index (κ2) is 15.9. The second-order valence-electron chi connectivity index (χ2n) is 11.7. The number of carboxylic acid groups (broad SMARTS) is 1. The van der Waals surface area contributed by atoms with E-state index < -0.39 is 11.6 Å². The van der Waals surface area contributed by atoms with E-state index in [2.05, 4.69) is 42.5 Å². The van der Waals surface area contributed by atoms with Crippen LogP contribution < -0.4 is 59.1 Å². The van der Waals surface area contributed by atoms with Crippen LogP contribution in [0.1, 0.15) is 75.6 Å². The SMILES string of the molecule is CC(C)(O)c1ccccc1CC[C@@H](SCC1(CC(=O)O)CC1)c1cccc(/C=C/c2ccc3ccc(Cl)cc3n2)c1.[H-].[H-].[Na+].[Na+]. The summed E-state index contributed by atoms with van der Waals surface area (Å²) in [5, 5.41) is 22.1. The van der Waals surface area contributed by atoms with E-state index in [1.165, 1.54) is 5.56 Å². The molecule has 1 aromatic heterocycles. The minimum Gasteiger partial charge on any atom is -1.00 e. The third-order valence-electron chi connectivity index (χ3n) is 7.83. The topological polar surface area (TPSA) is 70.4 Å². The number of hydrogen-bond acceptors (Lipinski definition) is 4. The first-order valence-corrected chi connectivity index (χ1v) is 15.5. The summed E-state index contributed by atoms with van der Waals surface area (Å²) in [6.45, 7) is 3.66. The fourth-order valence-electron chi connectivity index (χ4n) is 5.36. The summed E-state index contributed by atoms with van der Waals surface area (Å²) in [6.07, 6.45) is 8.02. The number of fused-ring (bicyclic) bond motifs is 1. The van der Waals surface area contributed by atoms with Gasteiger partial charge >= 0.3 is 65.1 Å². The van der Waals surface area contributed by atoms with Crippen LogP contribution >= 0.6 is 23.4 Å². The molecule has 8 heteroatoms. The molecule has 43 heavy (non-hydrogen) atoms. The van der Waals surface area contributed by atoms with Crippen LogP contribution in [0.15, 0.2) is 78.9 Å². The molecule has 1 heterocycles. The fourth-order valence-corrected chi connectivity index (χ4v) is 7.09. The smallest absolute Gasteiger partial charge is 1.00 e. The Hall–Kier alpha value is -1.12. The van der Waals surface area contributed by atoms with E-state index in [4.69, 9.17) is 16.6 Å². The zero-order valence-corrected chi connectivity index (χ0v) is 31.1. The fraction of sp³-hybridized carbons (Fsp3) is 0.314. The maximum Gasteiger partial charge on any atom is 1.00 e. The summed E-state index contributed by atoms with van der Waals surface area (Å²) >= 11 is 8.04. The van der Waals surface area contributed by atoms with Crippen molar-refractivity contribution < 1.29 is 77.0 Å². The van der Waals surface area contributed by atoms with Crippen molar-refractivity contribution in [3.05, 3.63) is 112 Å². The van der Waals surface area contributed by atoms with E-state index in [1.807, 2.05) is 74.1 Å². The molecule has 4 nitrogen and oxygen atoms in total. The Labute approximate surface area is 311 Å². The van der Waals surface area contributed by atoms with Crippen molar-refractivity contribution in [2.75, 3.05) is 5.75 Å². The predicted molar refractivity (Wildman–Crippen MR) is 173 cm³/mol. The third-order valence-corrected chi connectivity index (χ3v) is 9.76. The maximum atomic E-state index is 11.5. The summed E-state index contributed by atoms with van der Waals surface area (Å²) in [5.74, 6) is 0.122. The summed E-state index contributed by atoms with van der Waals surface area (Å²) in [4.78, 5) is 16.2. The van der Waals surface area contributed by atoms with Crippen LogP contribution in [0.3, 0.4) is 0 Å². The minimum atomic E-state index is -0.911. The quantitative estimate of drug-likeness (QED) is 0.235. The first kappa shape index (κ1) is 36.3. The number of rotatable bonds is 12. The van der Waals surface area contributed by atoms with E-state index in [9.17, 15) is 15.0 Å². The van der Waals surface area contributed by atoms with Crippen LogP contribution in [0.4, 0.5) is 0 Å². The number of aromatic nitrogens is 1. The van der Waals surface area contributed by atoms with Crippen LogP contribution in [-0.4, -0.2) is 26.9 Å². The van der Waals surface area contributed by atoms with Crippen molar-refractivity contribution in [2.45, 2.75) is 56.8 Å². The normalized spacial score (nSPS) is 14.6. The molecule has 2 N–H and O–H groups in total. The molecule has 1 saturated carbocycles. The van der Waals surface area contributed by atoms with Gasteiger partial charge in [0.05, 0.1) is 23.2 Å². The van der Waals surface area contributed by atoms with Crippen molar-refractivity contribution in [3.63, 3.8) is 0 Å². The van der Waals surface area contributed by atoms with Crippen molar-refractivity contribution in [2.24, 2.45) is 5.41 Å². The van der Waals surface area contributed by atoms with E-state index in [-0.39, 0.29) is 79.1 Å². The van der Waals surface area contributed by atoms with Gasteiger partial charge in [-0.15, -0.1) is 0 Å². The van der Waals surface area contributed by atoms with E-state index >= 15 is 0 Å². The van der Waals surface area contributed by atoms with E-state index in [0.717, 1.165) is 64.7 Å².